The van der Waals surface area contributed by atoms with Crippen LogP contribution in [0.25, 0.3) is 10.9 Å². The van der Waals surface area contributed by atoms with E-state index < -0.39 is 49.5 Å². The van der Waals surface area contributed by atoms with Gasteiger partial charge in [-0.2, -0.15) is 0 Å². The topological polar surface area (TPSA) is 201 Å². The minimum atomic E-state index is -5.59. The second-order valence-corrected chi connectivity index (χ2v) is 16.4. The van der Waals surface area contributed by atoms with Gasteiger partial charge >= 0.3 is 21.2 Å². The summed E-state index contributed by atoms with van der Waals surface area (Å²) in [6, 6.07) is 8.60. The molecule has 2 heterocycles. The van der Waals surface area contributed by atoms with Crippen molar-refractivity contribution in [2.24, 2.45) is 0 Å². The number of anilines is 1. The SMILES string of the molecule is O=C(O)c1cn(C2CC2)c2cc(N3CCN(C(=S)Sc4ccc(CC(O)(P(=O)(O)O)P(=O)(O)O)cc4)CC3)c(F)cc2c1=O. The van der Waals surface area contributed by atoms with Gasteiger partial charge in [-0.25, -0.2) is 9.18 Å². The Morgan fingerprint density at radius 1 is 1.02 bits per heavy atom. The molecule has 1 aliphatic carbocycles. The average Bonchev–Trinajstić information content (AvgIpc) is 3.78. The molecule has 0 unspecified atom stereocenters. The number of hydrogen-bond acceptors (Lipinski definition) is 8. The lowest BCUT2D eigenvalue weighted by Crippen LogP contribution is -2.47. The highest BCUT2D eigenvalue weighted by Gasteiger charge is 2.59. The van der Waals surface area contributed by atoms with Crippen molar-refractivity contribution >= 4 is 66.1 Å². The molecule has 3 aromatic rings. The number of halogens is 1. The van der Waals surface area contributed by atoms with Gasteiger partial charge in [0.25, 0.3) is 5.08 Å². The van der Waals surface area contributed by atoms with Crippen molar-refractivity contribution in [3.05, 3.63) is 69.8 Å². The number of aliphatic hydroxyl groups is 1. The Hall–Kier alpha value is -2.65. The maximum atomic E-state index is 15.3. The van der Waals surface area contributed by atoms with Crippen LogP contribution in [-0.2, 0) is 15.6 Å². The fourth-order valence-electron chi connectivity index (χ4n) is 5.03. The van der Waals surface area contributed by atoms with Crippen LogP contribution < -0.4 is 10.3 Å². The number of aromatic carboxylic acids is 1. The number of fused-ring (bicyclic) bond motifs is 1. The predicted molar refractivity (Wildman–Crippen MR) is 165 cm³/mol. The maximum absolute atomic E-state index is 15.3. The average molecular weight is 688 g/mol. The van der Waals surface area contributed by atoms with Crippen LogP contribution in [0.5, 0.6) is 0 Å². The third-order valence-electron chi connectivity index (χ3n) is 7.65. The molecule has 236 valence electrons. The van der Waals surface area contributed by atoms with E-state index in [0.717, 1.165) is 18.9 Å². The van der Waals surface area contributed by atoms with E-state index in [1.807, 2.05) is 9.80 Å². The van der Waals surface area contributed by atoms with E-state index in [1.165, 1.54) is 30.1 Å². The summed E-state index contributed by atoms with van der Waals surface area (Å²) in [4.78, 5) is 66.2. The van der Waals surface area contributed by atoms with Gasteiger partial charge in [0.15, 0.2) is 0 Å². The molecule has 2 fully saturated rings. The first-order valence-electron chi connectivity index (χ1n) is 13.3. The van der Waals surface area contributed by atoms with E-state index in [1.54, 1.807) is 22.8 Å². The third kappa shape index (κ3) is 6.37. The van der Waals surface area contributed by atoms with Crippen LogP contribution in [0.4, 0.5) is 10.1 Å². The van der Waals surface area contributed by atoms with Crippen molar-refractivity contribution in [1.82, 2.24) is 9.47 Å². The summed E-state index contributed by atoms with van der Waals surface area (Å²) in [7, 11) is -11.2. The summed E-state index contributed by atoms with van der Waals surface area (Å²) >= 11 is 6.80. The normalized spacial score (nSPS) is 16.4. The molecule has 0 bridgehead atoms. The number of carboxylic acids is 1. The quantitative estimate of drug-likeness (QED) is 0.115. The first-order chi connectivity index (χ1) is 20.5. The Kier molecular flexibility index (Phi) is 8.88. The van der Waals surface area contributed by atoms with E-state index in [0.29, 0.717) is 46.6 Å². The lowest BCUT2D eigenvalue weighted by molar-refractivity contribution is 0.0694. The summed E-state index contributed by atoms with van der Waals surface area (Å²) in [6.45, 7) is 1.72. The fraction of sp³-hybridized carbons (Fsp3) is 0.346. The number of carbonyl (C=O) groups is 1. The number of piperazine rings is 1. The lowest BCUT2D eigenvalue weighted by atomic mass is 10.1. The number of nitrogens with zero attached hydrogens (tertiary/aromatic N) is 3. The molecule has 1 aliphatic heterocycles. The smallest absolute Gasteiger partial charge is 0.369 e. The number of benzene rings is 2. The molecule has 5 rings (SSSR count). The zero-order valence-corrected chi connectivity index (χ0v) is 26.2. The van der Waals surface area contributed by atoms with Crippen LogP contribution in [0.2, 0.25) is 0 Å². The van der Waals surface area contributed by atoms with Crippen LogP contribution >= 0.6 is 39.2 Å². The van der Waals surface area contributed by atoms with Gasteiger partial charge in [-0.05, 0) is 42.7 Å². The van der Waals surface area contributed by atoms with Gasteiger partial charge in [-0.1, -0.05) is 36.1 Å². The summed E-state index contributed by atoms with van der Waals surface area (Å²) in [5.74, 6) is -1.99. The Labute approximate surface area is 259 Å². The minimum Gasteiger partial charge on any atom is -0.477 e. The Morgan fingerprint density at radius 2 is 1.61 bits per heavy atom. The summed E-state index contributed by atoms with van der Waals surface area (Å²) in [5, 5.41) is 16.1. The van der Waals surface area contributed by atoms with Gasteiger partial charge in [0.05, 0.1) is 11.2 Å². The van der Waals surface area contributed by atoms with Gasteiger partial charge in [0.1, 0.15) is 15.7 Å². The Bertz CT molecular complexity index is 1780. The van der Waals surface area contributed by atoms with E-state index in [4.69, 9.17) is 12.2 Å². The van der Waals surface area contributed by atoms with Crippen LogP contribution in [0.3, 0.4) is 0 Å². The monoisotopic (exact) mass is 687 g/mol. The molecule has 2 aliphatic rings. The van der Waals surface area contributed by atoms with E-state index in [2.05, 4.69) is 0 Å². The molecule has 0 amide bonds. The summed E-state index contributed by atoms with van der Waals surface area (Å²) < 4.78 is 40.8. The second kappa shape index (κ2) is 11.9. The third-order valence-corrected chi connectivity index (χ3v) is 12.8. The van der Waals surface area contributed by atoms with Gasteiger partial charge in [-0.3, -0.25) is 13.9 Å². The van der Waals surface area contributed by atoms with Crippen LogP contribution in [0.1, 0.15) is 34.8 Å². The Balaban J connectivity index is 1.26. The number of rotatable bonds is 8. The molecular weight excluding hydrogens is 659 g/mol. The fourth-order valence-corrected chi connectivity index (χ4v) is 8.42. The van der Waals surface area contributed by atoms with E-state index in [9.17, 15) is 48.5 Å². The predicted octanol–water partition coefficient (Wildman–Crippen LogP) is 2.92. The summed E-state index contributed by atoms with van der Waals surface area (Å²) in [6.07, 6.45) is 2.04. The van der Waals surface area contributed by atoms with Crippen LogP contribution in [-0.4, -0.2) is 80.8 Å². The van der Waals surface area contributed by atoms with Crippen molar-refractivity contribution in [3.8, 4) is 0 Å². The van der Waals surface area contributed by atoms with Gasteiger partial charge in [0.2, 0.25) is 5.43 Å². The number of thioether (sulfide) groups is 1. The molecule has 0 radical (unpaired) electrons. The zero-order valence-electron chi connectivity index (χ0n) is 22.8. The van der Waals surface area contributed by atoms with E-state index >= 15 is 4.39 Å². The molecule has 0 spiro atoms. The molecule has 13 nitrogen and oxygen atoms in total. The summed E-state index contributed by atoms with van der Waals surface area (Å²) in [5.41, 5.74) is -0.250. The van der Waals surface area contributed by atoms with Gasteiger partial charge in [-0.15, -0.1) is 0 Å². The maximum Gasteiger partial charge on any atom is 0.369 e. The van der Waals surface area contributed by atoms with Gasteiger partial charge in [0, 0.05) is 55.1 Å². The molecular formula is C26H28FN3O10P2S2. The van der Waals surface area contributed by atoms with Crippen LogP contribution in [0.15, 0.2) is 52.3 Å². The molecule has 18 heteroatoms. The zero-order chi connectivity index (χ0) is 32.2. The molecule has 1 aromatic heterocycles. The number of carboxylic acid groups (broad SMARTS) is 1. The van der Waals surface area contributed by atoms with Crippen molar-refractivity contribution in [1.29, 1.82) is 0 Å². The lowest BCUT2D eigenvalue weighted by Gasteiger charge is -2.37. The van der Waals surface area contributed by atoms with Crippen molar-refractivity contribution in [2.75, 3.05) is 31.1 Å². The molecule has 6 N–H and O–H groups in total. The van der Waals surface area contributed by atoms with Crippen molar-refractivity contribution in [3.63, 3.8) is 0 Å². The van der Waals surface area contributed by atoms with E-state index in [-0.39, 0.29) is 17.0 Å². The minimum absolute atomic E-state index is 0.0217. The van der Waals surface area contributed by atoms with Gasteiger partial charge < -0.3 is 44.2 Å². The van der Waals surface area contributed by atoms with Crippen LogP contribution in [0, 0.1) is 5.82 Å². The first kappa shape index (κ1) is 32.7. The van der Waals surface area contributed by atoms with Crippen molar-refractivity contribution in [2.45, 2.75) is 35.3 Å². The highest BCUT2D eigenvalue weighted by molar-refractivity contribution is 8.22. The highest BCUT2D eigenvalue weighted by atomic mass is 32.2. The number of thiocarbonyl (C=S) groups is 1. The highest BCUT2D eigenvalue weighted by Crippen LogP contribution is 2.68. The number of pyridine rings is 1. The second-order valence-electron chi connectivity index (χ2n) is 10.7. The molecule has 0 atom stereocenters. The largest absolute Gasteiger partial charge is 0.477 e. The molecule has 2 aromatic carbocycles. The molecule has 44 heavy (non-hydrogen) atoms. The molecule has 1 saturated heterocycles. The first-order valence-corrected chi connectivity index (χ1v) is 17.7. The standard InChI is InChI=1S/C26H28FN3O10P2S2/c27-20-11-18-21(30(16-3-4-16)14-19(23(18)31)24(32)33)12-22(20)28-7-9-29(10-8-28)25(43)44-17-5-1-15(2-6-17)13-26(34,41(35,36)37)42(38,39)40/h1-2,5-6,11-12,14,16,34H,3-4,7-10,13H2,(H,32,33)(H2,35,36,37)(H2,38,39,40). The number of hydrogen-bond donors (Lipinski definition) is 6. The van der Waals surface area contributed by atoms with Crippen molar-refractivity contribution < 1.29 is 48.1 Å². The molecule has 1 saturated carbocycles. The number of aromatic nitrogens is 1. The Morgan fingerprint density at radius 3 is 2.14 bits per heavy atom.